The van der Waals surface area contributed by atoms with Crippen LogP contribution in [0.25, 0.3) is 0 Å². The van der Waals surface area contributed by atoms with Gasteiger partial charge in [-0.05, 0) is 17.7 Å². The lowest BCUT2D eigenvalue weighted by atomic mass is 10.1. The number of hydrogen-bond donors (Lipinski definition) is 1. The van der Waals surface area contributed by atoms with Crippen LogP contribution in [0.5, 0.6) is 0 Å². The van der Waals surface area contributed by atoms with Crippen molar-refractivity contribution in [3.63, 3.8) is 0 Å². The molecular weight excluding hydrogens is 223 g/mol. The normalized spacial score (nSPS) is 15.7. The van der Waals surface area contributed by atoms with Gasteiger partial charge in [0.2, 0.25) is 6.41 Å². The van der Waals surface area contributed by atoms with E-state index in [1.165, 1.54) is 6.07 Å². The van der Waals surface area contributed by atoms with Crippen LogP contribution in [0.1, 0.15) is 5.56 Å². The number of morpholine rings is 1. The van der Waals surface area contributed by atoms with E-state index < -0.39 is 0 Å². The zero-order valence-electron chi connectivity index (χ0n) is 9.49. The van der Waals surface area contributed by atoms with Crippen LogP contribution < -0.4 is 10.2 Å². The second-order valence-electron chi connectivity index (χ2n) is 3.88. The fourth-order valence-corrected chi connectivity index (χ4v) is 1.88. The van der Waals surface area contributed by atoms with Crippen LogP contribution in [0.15, 0.2) is 18.2 Å². The molecule has 0 radical (unpaired) electrons. The standard InChI is InChI=1S/C12H15FN2O2/c13-11-7-10(8-14-9-16)1-2-12(11)15-3-5-17-6-4-15/h1-2,7,9H,3-6,8H2,(H,14,16). The van der Waals surface area contributed by atoms with Gasteiger partial charge in [-0.3, -0.25) is 4.79 Å². The van der Waals surface area contributed by atoms with Gasteiger partial charge in [0.1, 0.15) is 5.82 Å². The highest BCUT2D eigenvalue weighted by Gasteiger charge is 2.14. The first kappa shape index (κ1) is 11.9. The van der Waals surface area contributed by atoms with Crippen LogP contribution in [-0.4, -0.2) is 32.7 Å². The van der Waals surface area contributed by atoms with Gasteiger partial charge >= 0.3 is 0 Å². The Bertz CT molecular complexity index is 392. The molecule has 0 bridgehead atoms. The highest BCUT2D eigenvalue weighted by Crippen LogP contribution is 2.21. The first-order valence-electron chi connectivity index (χ1n) is 5.59. The van der Waals surface area contributed by atoms with Crippen molar-refractivity contribution in [3.8, 4) is 0 Å². The van der Waals surface area contributed by atoms with E-state index in [0.29, 0.717) is 44.9 Å². The number of hydrogen-bond acceptors (Lipinski definition) is 3. The molecular formula is C12H15FN2O2. The second-order valence-corrected chi connectivity index (χ2v) is 3.88. The maximum atomic E-state index is 13.9. The van der Waals surface area contributed by atoms with Crippen LogP contribution in [0.4, 0.5) is 10.1 Å². The largest absolute Gasteiger partial charge is 0.378 e. The molecule has 0 spiro atoms. The lowest BCUT2D eigenvalue weighted by Crippen LogP contribution is -2.36. The number of benzene rings is 1. The van der Waals surface area contributed by atoms with Gasteiger partial charge in [0.15, 0.2) is 0 Å². The fraction of sp³-hybridized carbons (Fsp3) is 0.417. The lowest BCUT2D eigenvalue weighted by Gasteiger charge is -2.29. The van der Waals surface area contributed by atoms with Gasteiger partial charge in [-0.25, -0.2) is 4.39 Å². The molecule has 17 heavy (non-hydrogen) atoms. The highest BCUT2D eigenvalue weighted by atomic mass is 19.1. The molecule has 1 N–H and O–H groups in total. The molecule has 0 unspecified atom stereocenters. The third-order valence-corrected chi connectivity index (χ3v) is 2.75. The van der Waals surface area contributed by atoms with E-state index in [4.69, 9.17) is 4.74 Å². The van der Waals surface area contributed by atoms with Crippen molar-refractivity contribution in [2.24, 2.45) is 0 Å². The van der Waals surface area contributed by atoms with E-state index in [2.05, 4.69) is 5.32 Å². The summed E-state index contributed by atoms with van der Waals surface area (Å²) in [5, 5.41) is 2.51. The summed E-state index contributed by atoms with van der Waals surface area (Å²) in [6.45, 7) is 3.04. The molecule has 2 rings (SSSR count). The first-order chi connectivity index (χ1) is 8.31. The van der Waals surface area contributed by atoms with Crippen molar-refractivity contribution in [1.82, 2.24) is 5.32 Å². The van der Waals surface area contributed by atoms with Crippen molar-refractivity contribution in [2.75, 3.05) is 31.2 Å². The molecule has 1 heterocycles. The van der Waals surface area contributed by atoms with E-state index >= 15 is 0 Å². The van der Waals surface area contributed by atoms with Gasteiger partial charge in [0.25, 0.3) is 0 Å². The molecule has 1 aliphatic rings. The number of nitrogens with zero attached hydrogens (tertiary/aromatic N) is 1. The number of rotatable bonds is 4. The number of amides is 1. The van der Waals surface area contributed by atoms with E-state index in [1.807, 2.05) is 11.0 Å². The van der Waals surface area contributed by atoms with Crippen LogP contribution >= 0.6 is 0 Å². The second kappa shape index (κ2) is 5.63. The predicted molar refractivity (Wildman–Crippen MR) is 62.3 cm³/mol. The molecule has 0 atom stereocenters. The summed E-state index contributed by atoms with van der Waals surface area (Å²) in [4.78, 5) is 12.1. The summed E-state index contributed by atoms with van der Waals surface area (Å²) in [6, 6.07) is 5.04. The third-order valence-electron chi connectivity index (χ3n) is 2.75. The number of carbonyl (C=O) groups excluding carboxylic acids is 1. The number of anilines is 1. The van der Waals surface area contributed by atoms with Crippen molar-refractivity contribution in [3.05, 3.63) is 29.6 Å². The summed E-state index contributed by atoms with van der Waals surface area (Å²) in [6.07, 6.45) is 0.605. The molecule has 1 fully saturated rings. The summed E-state index contributed by atoms with van der Waals surface area (Å²) in [5.74, 6) is -0.253. The minimum Gasteiger partial charge on any atom is -0.378 e. The smallest absolute Gasteiger partial charge is 0.207 e. The number of carbonyl (C=O) groups is 1. The summed E-state index contributed by atoms with van der Waals surface area (Å²) in [5.41, 5.74) is 1.36. The quantitative estimate of drug-likeness (QED) is 0.793. The van der Waals surface area contributed by atoms with E-state index in [1.54, 1.807) is 6.07 Å². The van der Waals surface area contributed by atoms with E-state index in [9.17, 15) is 9.18 Å². The van der Waals surface area contributed by atoms with Gasteiger partial charge in [0.05, 0.1) is 18.9 Å². The molecule has 0 aliphatic carbocycles. The Morgan fingerprint density at radius 2 is 2.18 bits per heavy atom. The molecule has 1 aliphatic heterocycles. The summed E-state index contributed by atoms with van der Waals surface area (Å²) >= 11 is 0. The van der Waals surface area contributed by atoms with Crippen molar-refractivity contribution >= 4 is 12.1 Å². The van der Waals surface area contributed by atoms with Crippen LogP contribution in [-0.2, 0) is 16.1 Å². The SMILES string of the molecule is O=CNCc1ccc(N2CCOCC2)c(F)c1. The van der Waals surface area contributed by atoms with Crippen molar-refractivity contribution in [2.45, 2.75) is 6.54 Å². The maximum absolute atomic E-state index is 13.9. The molecule has 92 valence electrons. The van der Waals surface area contributed by atoms with Gasteiger partial charge in [-0.15, -0.1) is 0 Å². The Morgan fingerprint density at radius 1 is 1.41 bits per heavy atom. The Balaban J connectivity index is 2.10. The van der Waals surface area contributed by atoms with E-state index in [-0.39, 0.29) is 5.82 Å². The van der Waals surface area contributed by atoms with Gasteiger partial charge in [0, 0.05) is 19.6 Å². The van der Waals surface area contributed by atoms with Crippen LogP contribution in [0.2, 0.25) is 0 Å². The van der Waals surface area contributed by atoms with Crippen LogP contribution in [0, 0.1) is 5.82 Å². The van der Waals surface area contributed by atoms with Gasteiger partial charge in [-0.1, -0.05) is 6.07 Å². The number of ether oxygens (including phenoxy) is 1. The molecule has 1 aromatic carbocycles. The molecule has 5 heteroatoms. The zero-order valence-corrected chi connectivity index (χ0v) is 9.49. The van der Waals surface area contributed by atoms with E-state index in [0.717, 1.165) is 5.56 Å². The highest BCUT2D eigenvalue weighted by molar-refractivity contribution is 5.50. The molecule has 1 amide bonds. The lowest BCUT2D eigenvalue weighted by molar-refractivity contribution is -0.109. The maximum Gasteiger partial charge on any atom is 0.207 e. The zero-order chi connectivity index (χ0) is 12.1. The van der Waals surface area contributed by atoms with Gasteiger partial charge in [-0.2, -0.15) is 0 Å². The number of halogens is 1. The molecule has 1 saturated heterocycles. The number of nitrogens with one attached hydrogen (secondary N) is 1. The predicted octanol–water partition coefficient (Wildman–Crippen LogP) is 0.908. The monoisotopic (exact) mass is 238 g/mol. The Kier molecular flexibility index (Phi) is 3.93. The molecule has 0 aromatic heterocycles. The Morgan fingerprint density at radius 3 is 2.82 bits per heavy atom. The van der Waals surface area contributed by atoms with Crippen LogP contribution in [0.3, 0.4) is 0 Å². The average Bonchev–Trinajstić information content (AvgIpc) is 2.37. The van der Waals surface area contributed by atoms with Gasteiger partial charge < -0.3 is 15.0 Å². The molecule has 4 nitrogen and oxygen atoms in total. The molecule has 1 aromatic rings. The van der Waals surface area contributed by atoms with Crippen molar-refractivity contribution in [1.29, 1.82) is 0 Å². The summed E-state index contributed by atoms with van der Waals surface area (Å²) < 4.78 is 19.1. The topological polar surface area (TPSA) is 41.6 Å². The third kappa shape index (κ3) is 2.94. The average molecular weight is 238 g/mol. The first-order valence-corrected chi connectivity index (χ1v) is 5.59. The minimum atomic E-state index is -0.253. The fourth-order valence-electron chi connectivity index (χ4n) is 1.88. The molecule has 0 saturated carbocycles. The summed E-state index contributed by atoms with van der Waals surface area (Å²) in [7, 11) is 0. The minimum absolute atomic E-state index is 0.253. The Hall–Kier alpha value is -1.62. The van der Waals surface area contributed by atoms with Crippen molar-refractivity contribution < 1.29 is 13.9 Å². The Labute approximate surface area is 99.4 Å².